The van der Waals surface area contributed by atoms with Crippen LogP contribution in [0.15, 0.2) is 74.7 Å². The molecule has 1 unspecified atom stereocenters. The van der Waals surface area contributed by atoms with Gasteiger partial charge in [0.15, 0.2) is 0 Å². The quantitative estimate of drug-likeness (QED) is 0.370. The maximum Gasteiger partial charge on any atom is -1.00 e. The van der Waals surface area contributed by atoms with Crippen molar-refractivity contribution in [2.45, 2.75) is 13.3 Å². The third-order valence-electron chi connectivity index (χ3n) is 5.25. The van der Waals surface area contributed by atoms with Crippen LogP contribution in [0.25, 0.3) is 16.7 Å². The van der Waals surface area contributed by atoms with Crippen molar-refractivity contribution in [3.8, 4) is 11.1 Å². The molecule has 0 saturated heterocycles. The van der Waals surface area contributed by atoms with Crippen molar-refractivity contribution in [3.63, 3.8) is 0 Å². The van der Waals surface area contributed by atoms with Crippen LogP contribution < -0.4 is 28.1 Å². The van der Waals surface area contributed by atoms with Crippen molar-refractivity contribution in [1.82, 2.24) is 0 Å². The molecule has 4 heteroatoms. The molecule has 0 N–H and O–H groups in total. The van der Waals surface area contributed by atoms with Gasteiger partial charge in [-0.3, -0.25) is 0 Å². The SMILES string of the molecule is CC1C=CC(c2ccsc2)=[C]1[Zr+2][c]1cccc2c1Cc1ccccc1-2.[Cl-].[Cl-]. The van der Waals surface area contributed by atoms with Crippen molar-refractivity contribution in [3.05, 3.63) is 91.4 Å². The Hall–Kier alpha value is -0.917. The number of hydrogen-bond acceptors (Lipinski definition) is 1. The van der Waals surface area contributed by atoms with E-state index in [4.69, 9.17) is 0 Å². The smallest absolute Gasteiger partial charge is 1.00 e. The summed E-state index contributed by atoms with van der Waals surface area (Å²) < 4.78 is 3.39. The molecule has 0 spiro atoms. The second kappa shape index (κ2) is 8.62. The molecule has 0 fully saturated rings. The fourth-order valence-corrected chi connectivity index (χ4v) is 8.36. The summed E-state index contributed by atoms with van der Waals surface area (Å²) in [6, 6.07) is 18.2. The molecule has 2 aliphatic carbocycles. The van der Waals surface area contributed by atoms with E-state index in [2.05, 4.69) is 78.4 Å². The van der Waals surface area contributed by atoms with E-state index in [1.54, 1.807) is 23.5 Å². The minimum Gasteiger partial charge on any atom is -1.00 e. The number of hydrogen-bond donors (Lipinski definition) is 0. The summed E-state index contributed by atoms with van der Waals surface area (Å²) in [6.07, 6.45) is 5.87. The summed E-state index contributed by atoms with van der Waals surface area (Å²) in [5.74, 6) is 0.598. The van der Waals surface area contributed by atoms with Gasteiger partial charge in [0, 0.05) is 0 Å². The van der Waals surface area contributed by atoms with Crippen molar-refractivity contribution in [1.29, 1.82) is 0 Å². The Morgan fingerprint density at radius 3 is 2.59 bits per heavy atom. The number of halogens is 2. The largest absolute Gasteiger partial charge is 1.00 e. The first-order valence-electron chi connectivity index (χ1n) is 8.73. The first kappa shape index (κ1) is 20.8. The fourth-order valence-electron chi connectivity index (χ4n) is 3.94. The Morgan fingerprint density at radius 2 is 1.78 bits per heavy atom. The monoisotopic (exact) mass is 486 g/mol. The summed E-state index contributed by atoms with van der Waals surface area (Å²) in [6.45, 7) is 2.37. The molecule has 0 amide bonds. The summed E-state index contributed by atoms with van der Waals surface area (Å²) in [5, 5.41) is 4.49. The van der Waals surface area contributed by atoms with Crippen LogP contribution in [-0.4, -0.2) is 0 Å². The third-order valence-corrected chi connectivity index (χ3v) is 10.2. The number of rotatable bonds is 3. The zero-order valence-electron chi connectivity index (χ0n) is 14.9. The van der Waals surface area contributed by atoms with Crippen molar-refractivity contribution in [2.75, 3.05) is 0 Å². The van der Waals surface area contributed by atoms with Gasteiger partial charge in [0.25, 0.3) is 0 Å². The van der Waals surface area contributed by atoms with E-state index in [1.807, 2.05) is 0 Å². The molecule has 27 heavy (non-hydrogen) atoms. The van der Waals surface area contributed by atoms with E-state index < -0.39 is 23.2 Å². The Morgan fingerprint density at radius 1 is 0.963 bits per heavy atom. The van der Waals surface area contributed by atoms with Crippen LogP contribution >= 0.6 is 11.3 Å². The number of fused-ring (bicyclic) bond motifs is 3. The molecule has 1 heterocycles. The zero-order chi connectivity index (χ0) is 16.8. The Bertz CT molecular complexity index is 1020. The van der Waals surface area contributed by atoms with Gasteiger partial charge in [-0.15, -0.1) is 0 Å². The molecule has 1 aromatic heterocycles. The third kappa shape index (κ3) is 3.70. The minimum atomic E-state index is -0.807. The van der Waals surface area contributed by atoms with Crippen molar-refractivity contribution < 1.29 is 48.0 Å². The van der Waals surface area contributed by atoms with Gasteiger partial charge in [-0.05, 0) is 0 Å². The van der Waals surface area contributed by atoms with Gasteiger partial charge >= 0.3 is 165 Å². The number of thiophene rings is 1. The normalized spacial score (nSPS) is 16.3. The standard InChI is InChI=1S/C13H9.C10H9S.2ClH.Zr/c1-3-7-12-10(5-1)9-11-6-2-4-8-13(11)12;1-8-2-3-9(6-8)10-4-5-11-7-10;;;/h1-5,7-8H,9H2;2-5,7-8H,1H3;2*1H;/q;;;;+2/p-2. The molecule has 2 aliphatic rings. The summed E-state index contributed by atoms with van der Waals surface area (Å²) in [5.41, 5.74) is 8.94. The van der Waals surface area contributed by atoms with Crippen molar-refractivity contribution >= 4 is 20.2 Å². The molecular formula is C23H18Cl2SZr. The fraction of sp³-hybridized carbons (Fsp3) is 0.130. The predicted molar refractivity (Wildman–Crippen MR) is 104 cm³/mol. The molecule has 0 aliphatic heterocycles. The molecule has 0 radical (unpaired) electrons. The van der Waals surface area contributed by atoms with Gasteiger partial charge in [-0.2, -0.15) is 0 Å². The van der Waals surface area contributed by atoms with Crippen LogP contribution in [-0.2, 0) is 29.7 Å². The average molecular weight is 489 g/mol. The van der Waals surface area contributed by atoms with Gasteiger partial charge < -0.3 is 24.8 Å². The van der Waals surface area contributed by atoms with Gasteiger partial charge in [0.05, 0.1) is 0 Å². The van der Waals surface area contributed by atoms with Gasteiger partial charge in [0.1, 0.15) is 0 Å². The van der Waals surface area contributed by atoms with Gasteiger partial charge in [0.2, 0.25) is 0 Å². The number of allylic oxidation sites excluding steroid dienone is 4. The molecular weight excluding hydrogens is 470 g/mol. The molecule has 0 nitrogen and oxygen atoms in total. The maximum atomic E-state index is 2.40. The zero-order valence-corrected chi connectivity index (χ0v) is 19.7. The minimum absolute atomic E-state index is 0. The molecule has 1 atom stereocenters. The molecule has 134 valence electrons. The molecule has 2 aromatic carbocycles. The van der Waals surface area contributed by atoms with Gasteiger partial charge in [-0.25, -0.2) is 0 Å². The summed E-state index contributed by atoms with van der Waals surface area (Å²) in [4.78, 5) is 0. The molecule has 0 saturated carbocycles. The Balaban J connectivity index is 0.00000105. The van der Waals surface area contributed by atoms with Crippen LogP contribution in [0.5, 0.6) is 0 Å². The first-order valence-corrected chi connectivity index (χ1v) is 12.1. The van der Waals surface area contributed by atoms with Gasteiger partial charge in [-0.1, -0.05) is 0 Å². The average Bonchev–Trinajstić information content (AvgIpc) is 3.35. The summed E-state index contributed by atoms with van der Waals surface area (Å²) in [7, 11) is 0. The van der Waals surface area contributed by atoms with E-state index in [-0.39, 0.29) is 24.8 Å². The second-order valence-corrected chi connectivity index (χ2v) is 10.8. The van der Waals surface area contributed by atoms with Crippen LogP contribution in [0, 0.1) is 5.92 Å². The van der Waals surface area contributed by atoms with E-state index in [0.29, 0.717) is 5.92 Å². The molecule has 0 bridgehead atoms. The first-order chi connectivity index (χ1) is 12.3. The topological polar surface area (TPSA) is 0 Å². The van der Waals surface area contributed by atoms with Crippen molar-refractivity contribution in [2.24, 2.45) is 5.92 Å². The second-order valence-electron chi connectivity index (χ2n) is 6.78. The Kier molecular flexibility index (Phi) is 6.64. The van der Waals surface area contributed by atoms with E-state index >= 15 is 0 Å². The maximum absolute atomic E-state index is 2.40. The van der Waals surface area contributed by atoms with Crippen LogP contribution in [0.1, 0.15) is 23.6 Å². The van der Waals surface area contributed by atoms with E-state index in [9.17, 15) is 0 Å². The van der Waals surface area contributed by atoms with E-state index in [0.717, 1.165) is 6.42 Å². The number of benzene rings is 2. The molecule has 3 aromatic rings. The predicted octanol–water partition coefficient (Wildman–Crippen LogP) is -0.348. The summed E-state index contributed by atoms with van der Waals surface area (Å²) >= 11 is 0.992. The van der Waals surface area contributed by atoms with E-state index in [1.165, 1.54) is 27.8 Å². The Labute approximate surface area is 188 Å². The van der Waals surface area contributed by atoms with Crippen LogP contribution in [0.3, 0.4) is 0 Å². The molecule has 5 rings (SSSR count). The van der Waals surface area contributed by atoms with Crippen LogP contribution in [0.2, 0.25) is 0 Å². The van der Waals surface area contributed by atoms with Crippen LogP contribution in [0.4, 0.5) is 0 Å².